The van der Waals surface area contributed by atoms with Gasteiger partial charge in [-0.1, -0.05) is 6.07 Å². The molecule has 5 nitrogen and oxygen atoms in total. The number of piperazine rings is 1. The quantitative estimate of drug-likeness (QED) is 0.933. The predicted molar refractivity (Wildman–Crippen MR) is 82.9 cm³/mol. The van der Waals surface area contributed by atoms with Crippen LogP contribution in [0.2, 0.25) is 0 Å². The van der Waals surface area contributed by atoms with Crippen LogP contribution in [0.3, 0.4) is 0 Å². The lowest BCUT2D eigenvalue weighted by atomic mass is 10.0. The molecule has 1 N–H and O–H groups in total. The van der Waals surface area contributed by atoms with Crippen LogP contribution < -0.4 is 5.32 Å². The van der Waals surface area contributed by atoms with E-state index < -0.39 is 0 Å². The minimum Gasteiger partial charge on any atom is -0.314 e. The molecule has 0 bridgehead atoms. The molecule has 3 rings (SSSR count). The summed E-state index contributed by atoms with van der Waals surface area (Å²) >= 11 is 0. The van der Waals surface area contributed by atoms with Crippen LogP contribution in [0, 0.1) is 0 Å². The summed E-state index contributed by atoms with van der Waals surface area (Å²) in [5, 5.41) is 7.92. The van der Waals surface area contributed by atoms with E-state index in [0.717, 1.165) is 26.2 Å². The first-order valence-electron chi connectivity index (χ1n) is 7.62. The summed E-state index contributed by atoms with van der Waals surface area (Å²) in [7, 11) is 0. The van der Waals surface area contributed by atoms with Crippen molar-refractivity contribution in [3.05, 3.63) is 48.0 Å². The summed E-state index contributed by atoms with van der Waals surface area (Å²) in [5.74, 6) is 0. The molecule has 0 radical (unpaired) electrons. The first-order chi connectivity index (χ1) is 10.2. The van der Waals surface area contributed by atoms with Crippen molar-refractivity contribution < 1.29 is 0 Å². The molecule has 21 heavy (non-hydrogen) atoms. The van der Waals surface area contributed by atoms with E-state index in [0.29, 0.717) is 12.1 Å². The highest BCUT2D eigenvalue weighted by atomic mass is 15.3. The fourth-order valence-corrected chi connectivity index (χ4v) is 2.81. The molecule has 2 aromatic heterocycles. The highest BCUT2D eigenvalue weighted by molar-refractivity contribution is 5.16. The van der Waals surface area contributed by atoms with Crippen molar-refractivity contribution in [1.82, 2.24) is 25.0 Å². The second kappa shape index (κ2) is 6.37. The molecule has 112 valence electrons. The van der Waals surface area contributed by atoms with Gasteiger partial charge in [0.05, 0.1) is 6.20 Å². The van der Waals surface area contributed by atoms with Gasteiger partial charge in [-0.15, -0.1) is 0 Å². The van der Waals surface area contributed by atoms with Gasteiger partial charge in [-0.05, 0) is 25.5 Å². The van der Waals surface area contributed by atoms with Gasteiger partial charge in [-0.25, -0.2) is 0 Å². The lowest BCUT2D eigenvalue weighted by Gasteiger charge is -2.36. The van der Waals surface area contributed by atoms with E-state index in [1.807, 2.05) is 29.3 Å². The Morgan fingerprint density at radius 2 is 2.29 bits per heavy atom. The smallest absolute Gasteiger partial charge is 0.0534 e. The van der Waals surface area contributed by atoms with Crippen LogP contribution in [0.1, 0.15) is 37.1 Å². The number of hydrogen-bond acceptors (Lipinski definition) is 4. The van der Waals surface area contributed by atoms with E-state index in [4.69, 9.17) is 0 Å². The van der Waals surface area contributed by atoms with Crippen molar-refractivity contribution in [2.24, 2.45) is 0 Å². The van der Waals surface area contributed by atoms with Gasteiger partial charge in [0.15, 0.2) is 0 Å². The van der Waals surface area contributed by atoms with E-state index in [1.54, 1.807) is 0 Å². The van der Waals surface area contributed by atoms with Gasteiger partial charge in [0.25, 0.3) is 0 Å². The number of rotatable bonds is 4. The van der Waals surface area contributed by atoms with Crippen LogP contribution >= 0.6 is 0 Å². The molecule has 0 amide bonds. The van der Waals surface area contributed by atoms with Gasteiger partial charge in [0.1, 0.15) is 0 Å². The standard InChI is InChI=1S/C16H23N5/c1-13(2)21-12-14(8-19-21)11-20-7-6-18-10-16(20)15-4-3-5-17-9-15/h3-5,8-9,12-13,16,18H,6-7,10-11H2,1-2H3. The van der Waals surface area contributed by atoms with Crippen LogP contribution in [0.4, 0.5) is 0 Å². The summed E-state index contributed by atoms with van der Waals surface area (Å²) in [6.07, 6.45) is 7.95. The zero-order valence-electron chi connectivity index (χ0n) is 12.7. The first-order valence-corrected chi connectivity index (χ1v) is 7.62. The molecule has 0 spiro atoms. The van der Waals surface area contributed by atoms with Gasteiger partial charge < -0.3 is 5.32 Å². The largest absolute Gasteiger partial charge is 0.314 e. The van der Waals surface area contributed by atoms with Gasteiger partial charge in [0.2, 0.25) is 0 Å². The molecule has 1 unspecified atom stereocenters. The lowest BCUT2D eigenvalue weighted by Crippen LogP contribution is -2.45. The normalized spacial score (nSPS) is 20.0. The van der Waals surface area contributed by atoms with Crippen LogP contribution in [-0.4, -0.2) is 39.3 Å². The molecule has 1 aliphatic rings. The Hall–Kier alpha value is -1.72. The molecular formula is C16H23N5. The summed E-state index contributed by atoms with van der Waals surface area (Å²) in [6, 6.07) is 4.97. The van der Waals surface area contributed by atoms with Crippen molar-refractivity contribution in [2.45, 2.75) is 32.5 Å². The summed E-state index contributed by atoms with van der Waals surface area (Å²) in [6.45, 7) is 8.31. The molecule has 1 fully saturated rings. The number of nitrogens with zero attached hydrogens (tertiary/aromatic N) is 4. The molecule has 3 heterocycles. The average molecular weight is 285 g/mol. The molecule has 1 aliphatic heterocycles. The fraction of sp³-hybridized carbons (Fsp3) is 0.500. The van der Waals surface area contributed by atoms with E-state index >= 15 is 0 Å². The summed E-state index contributed by atoms with van der Waals surface area (Å²) in [4.78, 5) is 6.77. The Bertz CT molecular complexity index is 563. The van der Waals surface area contributed by atoms with Gasteiger partial charge >= 0.3 is 0 Å². The third-order valence-corrected chi connectivity index (χ3v) is 3.99. The molecule has 2 aromatic rings. The Balaban J connectivity index is 1.75. The molecule has 0 aromatic carbocycles. The topological polar surface area (TPSA) is 46.0 Å². The van der Waals surface area contributed by atoms with E-state index in [2.05, 4.69) is 46.4 Å². The summed E-state index contributed by atoms with van der Waals surface area (Å²) in [5.41, 5.74) is 2.56. The fourth-order valence-electron chi connectivity index (χ4n) is 2.81. The monoisotopic (exact) mass is 285 g/mol. The second-order valence-corrected chi connectivity index (χ2v) is 5.90. The molecule has 5 heteroatoms. The van der Waals surface area contributed by atoms with Gasteiger partial charge in [-0.2, -0.15) is 5.10 Å². The van der Waals surface area contributed by atoms with Crippen LogP contribution in [0.5, 0.6) is 0 Å². The number of hydrogen-bond donors (Lipinski definition) is 1. The average Bonchev–Trinajstić information content (AvgIpc) is 2.98. The van der Waals surface area contributed by atoms with E-state index in [1.165, 1.54) is 11.1 Å². The van der Waals surface area contributed by atoms with Crippen molar-refractivity contribution in [3.8, 4) is 0 Å². The van der Waals surface area contributed by atoms with Gasteiger partial charge in [-0.3, -0.25) is 14.6 Å². The maximum atomic E-state index is 4.44. The highest BCUT2D eigenvalue weighted by Gasteiger charge is 2.24. The molecule has 0 saturated carbocycles. The van der Waals surface area contributed by atoms with Crippen LogP contribution in [0.15, 0.2) is 36.9 Å². The molecular weight excluding hydrogens is 262 g/mol. The number of pyridine rings is 1. The maximum Gasteiger partial charge on any atom is 0.0534 e. The van der Waals surface area contributed by atoms with Crippen LogP contribution in [-0.2, 0) is 6.54 Å². The molecule has 1 atom stereocenters. The molecule has 1 saturated heterocycles. The van der Waals surface area contributed by atoms with Crippen LogP contribution in [0.25, 0.3) is 0 Å². The minimum atomic E-state index is 0.384. The van der Waals surface area contributed by atoms with Crippen molar-refractivity contribution in [3.63, 3.8) is 0 Å². The van der Waals surface area contributed by atoms with Crippen molar-refractivity contribution in [1.29, 1.82) is 0 Å². The lowest BCUT2D eigenvalue weighted by molar-refractivity contribution is 0.153. The predicted octanol–water partition coefficient (Wildman–Crippen LogP) is 2.01. The second-order valence-electron chi connectivity index (χ2n) is 5.90. The SMILES string of the molecule is CC(C)n1cc(CN2CCNCC2c2cccnc2)cn1. The van der Waals surface area contributed by atoms with Gasteiger partial charge in [0, 0.05) is 62.4 Å². The highest BCUT2D eigenvalue weighted by Crippen LogP contribution is 2.23. The van der Waals surface area contributed by atoms with Crippen molar-refractivity contribution >= 4 is 0 Å². The third kappa shape index (κ3) is 3.31. The first kappa shape index (κ1) is 14.2. The Morgan fingerprint density at radius 3 is 3.00 bits per heavy atom. The van der Waals surface area contributed by atoms with Crippen molar-refractivity contribution in [2.75, 3.05) is 19.6 Å². The zero-order valence-corrected chi connectivity index (χ0v) is 12.7. The number of aromatic nitrogens is 3. The Morgan fingerprint density at radius 1 is 1.38 bits per heavy atom. The minimum absolute atomic E-state index is 0.384. The maximum absolute atomic E-state index is 4.44. The Kier molecular flexibility index (Phi) is 4.31. The molecule has 0 aliphatic carbocycles. The van der Waals surface area contributed by atoms with E-state index in [9.17, 15) is 0 Å². The summed E-state index contributed by atoms with van der Waals surface area (Å²) < 4.78 is 2.02. The third-order valence-electron chi connectivity index (χ3n) is 3.99. The zero-order chi connectivity index (χ0) is 14.7. The number of nitrogens with one attached hydrogen (secondary N) is 1. The van der Waals surface area contributed by atoms with E-state index in [-0.39, 0.29) is 0 Å². The Labute approximate surface area is 126 Å².